The van der Waals surface area contributed by atoms with Crippen LogP contribution in [0.15, 0.2) is 5.38 Å². The number of amides is 1. The van der Waals surface area contributed by atoms with Crippen molar-refractivity contribution in [2.45, 2.75) is 32.6 Å². The minimum atomic E-state index is 0.202. The van der Waals surface area contributed by atoms with Crippen molar-refractivity contribution in [2.24, 2.45) is 11.8 Å². The third-order valence-electron chi connectivity index (χ3n) is 3.56. The summed E-state index contributed by atoms with van der Waals surface area (Å²) in [4.78, 5) is 18.5. The first kappa shape index (κ1) is 13.8. The van der Waals surface area contributed by atoms with E-state index in [1.54, 1.807) is 0 Å². The van der Waals surface area contributed by atoms with E-state index >= 15 is 0 Å². The number of hydrogen-bond donors (Lipinski definition) is 0. The number of rotatable bonds is 4. The maximum absolute atomic E-state index is 12.1. The number of hydrogen-bond acceptors (Lipinski definition) is 3. The molecule has 1 unspecified atom stereocenters. The van der Waals surface area contributed by atoms with Gasteiger partial charge in [-0.1, -0.05) is 13.8 Å². The van der Waals surface area contributed by atoms with E-state index < -0.39 is 0 Å². The summed E-state index contributed by atoms with van der Waals surface area (Å²) in [5, 5.41) is 2.81. The van der Waals surface area contributed by atoms with Crippen molar-refractivity contribution < 1.29 is 4.79 Å². The summed E-state index contributed by atoms with van der Waals surface area (Å²) in [5.74, 6) is 1.94. The van der Waals surface area contributed by atoms with E-state index in [-0.39, 0.29) is 5.91 Å². The van der Waals surface area contributed by atoms with Crippen molar-refractivity contribution in [1.82, 2.24) is 9.88 Å². The number of nitrogens with zero attached hydrogens (tertiary/aromatic N) is 2. The highest BCUT2D eigenvalue weighted by Gasteiger charge is 2.28. The van der Waals surface area contributed by atoms with Gasteiger partial charge < -0.3 is 4.90 Å². The fourth-order valence-electron chi connectivity index (χ4n) is 2.29. The van der Waals surface area contributed by atoms with Gasteiger partial charge in [-0.2, -0.15) is 0 Å². The van der Waals surface area contributed by atoms with Gasteiger partial charge in [0.15, 0.2) is 0 Å². The van der Waals surface area contributed by atoms with Crippen molar-refractivity contribution in [3.05, 3.63) is 16.1 Å². The summed E-state index contributed by atoms with van der Waals surface area (Å²) < 4.78 is 0. The summed E-state index contributed by atoms with van der Waals surface area (Å²) >= 11 is 7.23. The molecule has 5 heteroatoms. The Kier molecular flexibility index (Phi) is 4.62. The number of likely N-dealkylation sites (tertiary alicyclic amines) is 1. The molecular formula is C13H19ClN2OS. The highest BCUT2D eigenvalue weighted by molar-refractivity contribution is 7.09. The second-order valence-electron chi connectivity index (χ2n) is 5.18. The molecule has 0 bridgehead atoms. The zero-order valence-corrected chi connectivity index (χ0v) is 12.4. The van der Waals surface area contributed by atoms with Crippen LogP contribution < -0.4 is 0 Å². The molecule has 1 aromatic heterocycles. The van der Waals surface area contributed by atoms with Crippen LogP contribution in [0.3, 0.4) is 0 Å². The van der Waals surface area contributed by atoms with Gasteiger partial charge in [-0.25, -0.2) is 4.98 Å². The third kappa shape index (κ3) is 3.23. The largest absolute Gasteiger partial charge is 0.342 e. The van der Waals surface area contributed by atoms with E-state index in [1.165, 1.54) is 11.3 Å². The molecule has 2 heterocycles. The number of halogens is 1. The molecule has 0 saturated carbocycles. The summed E-state index contributed by atoms with van der Waals surface area (Å²) in [5.41, 5.74) is 0.867. The zero-order valence-electron chi connectivity index (χ0n) is 10.9. The number of aromatic nitrogens is 1. The number of carbonyl (C=O) groups is 1. The van der Waals surface area contributed by atoms with Crippen LogP contribution in [0.2, 0.25) is 0 Å². The van der Waals surface area contributed by atoms with Crippen LogP contribution in [0.5, 0.6) is 0 Å². The minimum absolute atomic E-state index is 0.202. The van der Waals surface area contributed by atoms with Crippen molar-refractivity contribution in [2.75, 3.05) is 13.1 Å². The molecule has 18 heavy (non-hydrogen) atoms. The van der Waals surface area contributed by atoms with Crippen molar-refractivity contribution >= 4 is 28.8 Å². The summed E-state index contributed by atoms with van der Waals surface area (Å²) in [6, 6.07) is 0. The smallest absolute Gasteiger partial charge is 0.229 e. The van der Waals surface area contributed by atoms with E-state index in [9.17, 15) is 4.79 Å². The van der Waals surface area contributed by atoms with Gasteiger partial charge in [0.2, 0.25) is 5.91 Å². The van der Waals surface area contributed by atoms with Crippen LogP contribution in [-0.2, 0) is 17.1 Å². The molecule has 1 atom stereocenters. The fraction of sp³-hybridized carbons (Fsp3) is 0.692. The van der Waals surface area contributed by atoms with Crippen LogP contribution in [-0.4, -0.2) is 28.9 Å². The van der Waals surface area contributed by atoms with Gasteiger partial charge in [0.25, 0.3) is 0 Å². The van der Waals surface area contributed by atoms with Crippen molar-refractivity contribution in [1.29, 1.82) is 0 Å². The first-order valence-corrected chi connectivity index (χ1v) is 7.78. The van der Waals surface area contributed by atoms with Crippen molar-refractivity contribution in [3.8, 4) is 0 Å². The quantitative estimate of drug-likeness (QED) is 0.798. The Morgan fingerprint density at radius 3 is 3.00 bits per heavy atom. The lowest BCUT2D eigenvalue weighted by Gasteiger charge is -2.17. The molecular weight excluding hydrogens is 268 g/mol. The molecule has 1 saturated heterocycles. The molecule has 0 aromatic carbocycles. The van der Waals surface area contributed by atoms with Crippen molar-refractivity contribution in [3.63, 3.8) is 0 Å². The van der Waals surface area contributed by atoms with Gasteiger partial charge in [0, 0.05) is 18.5 Å². The third-order valence-corrected chi connectivity index (χ3v) is 4.73. The van der Waals surface area contributed by atoms with Gasteiger partial charge in [0.05, 0.1) is 18.0 Å². The molecule has 0 aliphatic carbocycles. The molecule has 1 aliphatic heterocycles. The standard InChI is InChI=1S/C13H19ClN2OS/c1-9(2)10-3-4-16(7-10)13(17)5-12-15-11(6-14)8-18-12/h8-10H,3-7H2,1-2H3. The molecule has 3 nitrogen and oxygen atoms in total. The molecule has 0 N–H and O–H groups in total. The molecule has 2 rings (SSSR count). The number of alkyl halides is 1. The Labute approximate surface area is 117 Å². The van der Waals surface area contributed by atoms with Gasteiger partial charge in [-0.05, 0) is 18.3 Å². The highest BCUT2D eigenvalue weighted by Crippen LogP contribution is 2.24. The van der Waals surface area contributed by atoms with Crippen LogP contribution in [0, 0.1) is 11.8 Å². The maximum atomic E-state index is 12.1. The normalized spacial score (nSPS) is 19.8. The molecule has 1 aromatic rings. The molecule has 1 fully saturated rings. The Hall–Kier alpha value is -0.610. The number of thiazole rings is 1. The van der Waals surface area contributed by atoms with Gasteiger partial charge in [-0.15, -0.1) is 22.9 Å². The molecule has 0 radical (unpaired) electrons. The molecule has 100 valence electrons. The SMILES string of the molecule is CC(C)C1CCN(C(=O)Cc2nc(CCl)cs2)C1. The minimum Gasteiger partial charge on any atom is -0.342 e. The lowest BCUT2D eigenvalue weighted by Crippen LogP contribution is -2.30. The average molecular weight is 287 g/mol. The lowest BCUT2D eigenvalue weighted by molar-refractivity contribution is -0.129. The van der Waals surface area contributed by atoms with Gasteiger partial charge in [-0.3, -0.25) is 4.79 Å². The molecule has 0 spiro atoms. The second kappa shape index (κ2) is 6.02. The topological polar surface area (TPSA) is 33.2 Å². The monoisotopic (exact) mass is 286 g/mol. The summed E-state index contributed by atoms with van der Waals surface area (Å²) in [7, 11) is 0. The van der Waals surface area contributed by atoms with Gasteiger partial charge >= 0.3 is 0 Å². The summed E-state index contributed by atoms with van der Waals surface area (Å²) in [6.07, 6.45) is 1.56. The Bertz CT molecular complexity index is 419. The van der Waals surface area contributed by atoms with E-state index in [2.05, 4.69) is 18.8 Å². The first-order chi connectivity index (χ1) is 8.60. The lowest BCUT2D eigenvalue weighted by atomic mass is 9.95. The summed E-state index contributed by atoms with van der Waals surface area (Å²) in [6.45, 7) is 6.26. The van der Waals surface area contributed by atoms with E-state index in [1.807, 2.05) is 10.3 Å². The first-order valence-electron chi connectivity index (χ1n) is 6.37. The average Bonchev–Trinajstić information content (AvgIpc) is 2.97. The maximum Gasteiger partial charge on any atom is 0.229 e. The van der Waals surface area contributed by atoms with E-state index in [4.69, 9.17) is 11.6 Å². The Balaban J connectivity index is 1.89. The van der Waals surface area contributed by atoms with Crippen LogP contribution in [0.1, 0.15) is 31.0 Å². The van der Waals surface area contributed by atoms with Crippen LogP contribution in [0.4, 0.5) is 0 Å². The Morgan fingerprint density at radius 1 is 1.67 bits per heavy atom. The van der Waals surface area contributed by atoms with Crippen LogP contribution in [0.25, 0.3) is 0 Å². The second-order valence-corrected chi connectivity index (χ2v) is 6.39. The predicted molar refractivity (Wildman–Crippen MR) is 74.9 cm³/mol. The van der Waals surface area contributed by atoms with E-state index in [0.717, 1.165) is 30.2 Å². The highest BCUT2D eigenvalue weighted by atomic mass is 35.5. The Morgan fingerprint density at radius 2 is 2.44 bits per heavy atom. The predicted octanol–water partition coefficient (Wildman–Crippen LogP) is 2.93. The zero-order chi connectivity index (χ0) is 13.1. The fourth-order valence-corrected chi connectivity index (χ4v) is 3.30. The van der Waals surface area contributed by atoms with E-state index in [0.29, 0.717) is 24.1 Å². The molecule has 1 aliphatic rings. The van der Waals surface area contributed by atoms with Gasteiger partial charge in [0.1, 0.15) is 5.01 Å². The number of carbonyl (C=O) groups excluding carboxylic acids is 1. The van der Waals surface area contributed by atoms with Crippen LogP contribution >= 0.6 is 22.9 Å². The molecule has 1 amide bonds.